The van der Waals surface area contributed by atoms with Crippen LogP contribution in [0.1, 0.15) is 30.3 Å². The Morgan fingerprint density at radius 2 is 1.46 bits per heavy atom. The van der Waals surface area contributed by atoms with E-state index in [4.69, 9.17) is 13.9 Å². The zero-order chi connectivity index (χ0) is 18.8. The molecule has 3 heterocycles. The normalized spacial score (nSPS) is 20.4. The second kappa shape index (κ2) is 7.47. The van der Waals surface area contributed by atoms with Crippen LogP contribution in [0.4, 0.5) is 0 Å². The number of rotatable bonds is 4. The summed E-state index contributed by atoms with van der Waals surface area (Å²) in [5.74, 6) is 0.767. The molecule has 28 heavy (non-hydrogen) atoms. The van der Waals surface area contributed by atoms with Crippen molar-refractivity contribution in [2.75, 3.05) is 26.3 Å². The minimum absolute atomic E-state index is 0.0788. The van der Waals surface area contributed by atoms with Crippen molar-refractivity contribution in [3.8, 4) is 11.5 Å². The van der Waals surface area contributed by atoms with Gasteiger partial charge in [-0.2, -0.15) is 0 Å². The topological polar surface area (TPSA) is 60.6 Å². The lowest BCUT2D eigenvalue weighted by Crippen LogP contribution is -2.46. The van der Waals surface area contributed by atoms with Crippen molar-refractivity contribution in [2.24, 2.45) is 0 Å². The monoisotopic (exact) mass is 377 g/mol. The summed E-state index contributed by atoms with van der Waals surface area (Å²) in [6, 6.07) is 20.1. The van der Waals surface area contributed by atoms with E-state index >= 15 is 0 Å². The van der Waals surface area contributed by atoms with Gasteiger partial charge in [-0.05, 0) is 17.7 Å². The lowest BCUT2D eigenvalue weighted by atomic mass is 9.98. The Kier molecular flexibility index (Phi) is 4.68. The first-order valence-corrected chi connectivity index (χ1v) is 9.79. The molecular weight excluding hydrogens is 354 g/mol. The van der Waals surface area contributed by atoms with Gasteiger partial charge in [0.05, 0.1) is 13.2 Å². The van der Waals surface area contributed by atoms with Gasteiger partial charge in [-0.3, -0.25) is 4.90 Å². The maximum absolute atomic E-state index is 6.13. The van der Waals surface area contributed by atoms with Gasteiger partial charge in [0.2, 0.25) is 11.8 Å². The quantitative estimate of drug-likeness (QED) is 0.691. The van der Waals surface area contributed by atoms with E-state index in [-0.39, 0.29) is 6.04 Å². The molecule has 0 aliphatic carbocycles. The number of nitrogens with zero attached hydrogens (tertiary/aromatic N) is 3. The number of aromatic nitrogens is 2. The summed E-state index contributed by atoms with van der Waals surface area (Å²) in [6.07, 6.45) is 1.69. The number of hydrogen-bond donors (Lipinski definition) is 0. The predicted molar refractivity (Wildman–Crippen MR) is 103 cm³/mol. The molecule has 0 amide bonds. The largest absolute Gasteiger partial charge is 0.419 e. The van der Waals surface area contributed by atoms with E-state index in [1.165, 1.54) is 0 Å². The van der Waals surface area contributed by atoms with E-state index in [1.807, 2.05) is 48.5 Å². The Morgan fingerprint density at radius 3 is 2.14 bits per heavy atom. The first-order chi connectivity index (χ1) is 13.8. The smallest absolute Gasteiger partial charge is 0.247 e. The molecule has 2 aliphatic rings. The van der Waals surface area contributed by atoms with E-state index < -0.39 is 5.79 Å². The van der Waals surface area contributed by atoms with Crippen LogP contribution < -0.4 is 0 Å². The van der Waals surface area contributed by atoms with Gasteiger partial charge in [-0.1, -0.05) is 48.5 Å². The van der Waals surface area contributed by atoms with Crippen LogP contribution in [0.3, 0.4) is 0 Å². The Bertz CT molecular complexity index is 897. The van der Waals surface area contributed by atoms with Crippen molar-refractivity contribution >= 4 is 0 Å². The summed E-state index contributed by atoms with van der Waals surface area (Å²) in [4.78, 5) is 2.38. The van der Waals surface area contributed by atoms with Crippen LogP contribution in [-0.2, 0) is 9.47 Å². The molecule has 144 valence electrons. The van der Waals surface area contributed by atoms with Crippen molar-refractivity contribution in [1.29, 1.82) is 0 Å². The molecule has 2 aliphatic heterocycles. The van der Waals surface area contributed by atoms with Crippen LogP contribution in [0.2, 0.25) is 0 Å². The minimum Gasteiger partial charge on any atom is -0.419 e. The summed E-state index contributed by atoms with van der Waals surface area (Å²) in [6.45, 7) is 3.07. The van der Waals surface area contributed by atoms with E-state index in [0.29, 0.717) is 25.0 Å². The number of hydrogen-bond acceptors (Lipinski definition) is 6. The van der Waals surface area contributed by atoms with E-state index in [2.05, 4.69) is 27.2 Å². The standard InChI is InChI=1S/C22H23N3O3/c1-3-7-17(8-4-1)19(25-13-11-22(12-14-25)26-15-16-27-22)21-24-23-20(28-21)18-9-5-2-6-10-18/h1-10,19H,11-16H2/t19-/m0/s1. The van der Waals surface area contributed by atoms with Gasteiger partial charge < -0.3 is 13.9 Å². The number of likely N-dealkylation sites (tertiary alicyclic amines) is 1. The third-order valence-corrected chi connectivity index (χ3v) is 5.55. The Labute approximate surface area is 164 Å². The molecule has 0 saturated carbocycles. The van der Waals surface area contributed by atoms with Gasteiger partial charge in [0.15, 0.2) is 5.79 Å². The molecule has 6 nitrogen and oxygen atoms in total. The van der Waals surface area contributed by atoms with Crippen LogP contribution in [0.5, 0.6) is 0 Å². The average molecular weight is 377 g/mol. The predicted octanol–water partition coefficient (Wildman–Crippen LogP) is 3.66. The fourth-order valence-electron chi connectivity index (χ4n) is 4.10. The zero-order valence-electron chi connectivity index (χ0n) is 15.7. The first kappa shape index (κ1) is 17.6. The van der Waals surface area contributed by atoms with Crippen molar-refractivity contribution in [3.05, 3.63) is 72.1 Å². The molecular formula is C22H23N3O3. The highest BCUT2D eigenvalue weighted by Gasteiger charge is 2.42. The van der Waals surface area contributed by atoms with E-state index in [0.717, 1.165) is 37.1 Å². The number of piperidine rings is 1. The van der Waals surface area contributed by atoms with Gasteiger partial charge in [0, 0.05) is 31.5 Å². The molecule has 0 unspecified atom stereocenters. The number of ether oxygens (including phenoxy) is 2. The van der Waals surface area contributed by atoms with Crippen molar-refractivity contribution in [2.45, 2.75) is 24.7 Å². The summed E-state index contributed by atoms with van der Waals surface area (Å²) < 4.78 is 17.9. The summed E-state index contributed by atoms with van der Waals surface area (Å²) in [7, 11) is 0. The summed E-state index contributed by atoms with van der Waals surface area (Å²) in [5.41, 5.74) is 2.08. The Hall–Kier alpha value is -2.54. The highest BCUT2D eigenvalue weighted by molar-refractivity contribution is 5.51. The van der Waals surface area contributed by atoms with E-state index in [1.54, 1.807) is 0 Å². The van der Waals surface area contributed by atoms with E-state index in [9.17, 15) is 0 Å². The molecule has 0 bridgehead atoms. The van der Waals surface area contributed by atoms with Gasteiger partial charge in [-0.15, -0.1) is 10.2 Å². The highest BCUT2D eigenvalue weighted by atomic mass is 16.7. The average Bonchev–Trinajstić information content (AvgIpc) is 3.42. The van der Waals surface area contributed by atoms with Crippen LogP contribution in [-0.4, -0.2) is 47.2 Å². The Morgan fingerprint density at radius 1 is 0.821 bits per heavy atom. The molecule has 1 atom stereocenters. The fourth-order valence-corrected chi connectivity index (χ4v) is 4.10. The first-order valence-electron chi connectivity index (χ1n) is 9.79. The molecule has 1 aromatic heterocycles. The maximum Gasteiger partial charge on any atom is 0.247 e. The van der Waals surface area contributed by atoms with Crippen LogP contribution in [0, 0.1) is 0 Å². The van der Waals surface area contributed by atoms with Crippen molar-refractivity contribution in [1.82, 2.24) is 15.1 Å². The molecule has 6 heteroatoms. The zero-order valence-corrected chi connectivity index (χ0v) is 15.7. The lowest BCUT2D eigenvalue weighted by molar-refractivity contribution is -0.187. The molecule has 5 rings (SSSR count). The number of benzene rings is 2. The summed E-state index contributed by atoms with van der Waals surface area (Å²) in [5, 5.41) is 8.72. The van der Waals surface area contributed by atoms with Crippen molar-refractivity contribution < 1.29 is 13.9 Å². The molecule has 3 aromatic rings. The third kappa shape index (κ3) is 3.35. The van der Waals surface area contributed by atoms with Gasteiger partial charge >= 0.3 is 0 Å². The molecule has 1 spiro atoms. The van der Waals surface area contributed by atoms with Crippen LogP contribution in [0.15, 0.2) is 65.1 Å². The van der Waals surface area contributed by atoms with Gasteiger partial charge in [-0.25, -0.2) is 0 Å². The minimum atomic E-state index is -0.401. The molecule has 0 N–H and O–H groups in total. The second-order valence-electron chi connectivity index (χ2n) is 7.27. The van der Waals surface area contributed by atoms with Crippen LogP contribution >= 0.6 is 0 Å². The van der Waals surface area contributed by atoms with Gasteiger partial charge in [0.1, 0.15) is 6.04 Å². The molecule has 2 saturated heterocycles. The Balaban J connectivity index is 1.44. The maximum atomic E-state index is 6.13. The molecule has 2 fully saturated rings. The molecule has 0 radical (unpaired) electrons. The second-order valence-corrected chi connectivity index (χ2v) is 7.27. The lowest BCUT2D eigenvalue weighted by Gasteiger charge is -2.40. The molecule has 2 aromatic carbocycles. The van der Waals surface area contributed by atoms with Gasteiger partial charge in [0.25, 0.3) is 0 Å². The third-order valence-electron chi connectivity index (χ3n) is 5.55. The highest BCUT2D eigenvalue weighted by Crippen LogP contribution is 2.37. The SMILES string of the molecule is c1ccc(-c2nnc([C@H](c3ccccc3)N3CCC4(CC3)OCCO4)o2)cc1. The van der Waals surface area contributed by atoms with Crippen molar-refractivity contribution in [3.63, 3.8) is 0 Å². The fraction of sp³-hybridized carbons (Fsp3) is 0.364. The summed E-state index contributed by atoms with van der Waals surface area (Å²) >= 11 is 0. The van der Waals surface area contributed by atoms with Crippen LogP contribution in [0.25, 0.3) is 11.5 Å².